The maximum absolute atomic E-state index is 8.93. The topological polar surface area (TPSA) is 71.8 Å². The summed E-state index contributed by atoms with van der Waals surface area (Å²) in [6.45, 7) is 3.82. The number of hydrogen-bond acceptors (Lipinski definition) is 5. The Morgan fingerprint density at radius 3 is 2.81 bits per heavy atom. The normalized spacial score (nSPS) is 10.2. The standard InChI is InChI=1S/C10H16BNO4/c1-2-15-4-3-5-16-10-6-9(11(13)14)7-12-8-10/h6-8,13-14H,2-5H2,1H3. The first kappa shape index (κ1) is 13.0. The van der Waals surface area contributed by atoms with Gasteiger partial charge in [-0.25, -0.2) is 0 Å². The maximum atomic E-state index is 8.93. The van der Waals surface area contributed by atoms with Crippen molar-refractivity contribution < 1.29 is 19.5 Å². The fraction of sp³-hybridized carbons (Fsp3) is 0.500. The number of hydrogen-bond donors (Lipinski definition) is 2. The molecule has 88 valence electrons. The van der Waals surface area contributed by atoms with Crippen LogP contribution in [0.15, 0.2) is 18.5 Å². The van der Waals surface area contributed by atoms with Crippen LogP contribution in [0.4, 0.5) is 0 Å². The van der Waals surface area contributed by atoms with Crippen molar-refractivity contribution in [3.8, 4) is 5.75 Å². The Bertz CT molecular complexity index is 309. The maximum Gasteiger partial charge on any atom is 0.490 e. The monoisotopic (exact) mass is 225 g/mol. The van der Waals surface area contributed by atoms with Gasteiger partial charge in [0.05, 0.1) is 12.8 Å². The minimum absolute atomic E-state index is 0.322. The summed E-state index contributed by atoms with van der Waals surface area (Å²) in [4.78, 5) is 3.84. The smallest absolute Gasteiger partial charge is 0.490 e. The first-order valence-corrected chi connectivity index (χ1v) is 5.25. The highest BCUT2D eigenvalue weighted by Gasteiger charge is 2.11. The second-order valence-corrected chi connectivity index (χ2v) is 3.23. The highest BCUT2D eigenvalue weighted by atomic mass is 16.5. The number of ether oxygens (including phenoxy) is 2. The Hall–Kier alpha value is -1.11. The molecule has 0 saturated heterocycles. The third-order valence-electron chi connectivity index (χ3n) is 1.94. The van der Waals surface area contributed by atoms with Crippen molar-refractivity contribution >= 4 is 12.6 Å². The van der Waals surface area contributed by atoms with Crippen molar-refractivity contribution in [2.24, 2.45) is 0 Å². The largest absolute Gasteiger partial charge is 0.492 e. The predicted octanol–water partition coefficient (Wildman–Crippen LogP) is -0.433. The minimum atomic E-state index is -1.51. The van der Waals surface area contributed by atoms with Gasteiger partial charge in [-0.15, -0.1) is 0 Å². The van der Waals surface area contributed by atoms with Crippen LogP contribution >= 0.6 is 0 Å². The molecule has 6 heteroatoms. The van der Waals surface area contributed by atoms with E-state index in [1.807, 2.05) is 6.92 Å². The Morgan fingerprint density at radius 2 is 2.12 bits per heavy atom. The zero-order valence-corrected chi connectivity index (χ0v) is 9.30. The molecule has 0 atom stereocenters. The lowest BCUT2D eigenvalue weighted by molar-refractivity contribution is 0.131. The van der Waals surface area contributed by atoms with Gasteiger partial charge in [0.1, 0.15) is 5.75 Å². The van der Waals surface area contributed by atoms with Crippen LogP contribution in [-0.4, -0.2) is 42.0 Å². The highest BCUT2D eigenvalue weighted by Crippen LogP contribution is 2.05. The zero-order chi connectivity index (χ0) is 11.8. The quantitative estimate of drug-likeness (QED) is 0.486. The Morgan fingerprint density at radius 1 is 1.31 bits per heavy atom. The molecule has 1 heterocycles. The predicted molar refractivity (Wildman–Crippen MR) is 60.7 cm³/mol. The molecular weight excluding hydrogens is 209 g/mol. The lowest BCUT2D eigenvalue weighted by Crippen LogP contribution is -2.30. The number of nitrogens with zero attached hydrogens (tertiary/aromatic N) is 1. The van der Waals surface area contributed by atoms with Gasteiger partial charge in [0.25, 0.3) is 0 Å². The molecule has 5 nitrogen and oxygen atoms in total. The molecule has 0 spiro atoms. The van der Waals surface area contributed by atoms with Gasteiger partial charge in [-0.2, -0.15) is 0 Å². The van der Waals surface area contributed by atoms with E-state index in [2.05, 4.69) is 4.98 Å². The molecule has 0 aromatic carbocycles. The van der Waals surface area contributed by atoms with Crippen LogP contribution in [0.2, 0.25) is 0 Å². The van der Waals surface area contributed by atoms with Crippen LogP contribution < -0.4 is 10.2 Å². The highest BCUT2D eigenvalue weighted by molar-refractivity contribution is 6.58. The number of aromatic nitrogens is 1. The number of pyridine rings is 1. The summed E-state index contributed by atoms with van der Waals surface area (Å²) in [5, 5.41) is 17.9. The minimum Gasteiger partial charge on any atom is -0.492 e. The van der Waals surface area contributed by atoms with Gasteiger partial charge in [-0.3, -0.25) is 4.98 Å². The summed E-state index contributed by atoms with van der Waals surface area (Å²) in [6, 6.07) is 1.55. The molecule has 0 unspecified atom stereocenters. The molecule has 1 aromatic heterocycles. The molecule has 0 saturated carbocycles. The molecule has 2 N–H and O–H groups in total. The molecule has 16 heavy (non-hydrogen) atoms. The van der Waals surface area contributed by atoms with Crippen molar-refractivity contribution in [2.75, 3.05) is 19.8 Å². The lowest BCUT2D eigenvalue weighted by atomic mass is 9.82. The van der Waals surface area contributed by atoms with E-state index in [0.29, 0.717) is 31.0 Å². The Kier molecular flexibility index (Phi) is 5.85. The van der Waals surface area contributed by atoms with Gasteiger partial charge < -0.3 is 19.5 Å². The fourth-order valence-corrected chi connectivity index (χ4v) is 1.15. The summed E-state index contributed by atoms with van der Waals surface area (Å²) < 4.78 is 10.5. The van der Waals surface area contributed by atoms with Gasteiger partial charge in [0.15, 0.2) is 0 Å². The van der Waals surface area contributed by atoms with Gasteiger partial charge in [0, 0.05) is 31.3 Å². The van der Waals surface area contributed by atoms with E-state index in [4.69, 9.17) is 19.5 Å². The van der Waals surface area contributed by atoms with Crippen LogP contribution in [0.1, 0.15) is 13.3 Å². The Labute approximate surface area is 95.2 Å². The van der Waals surface area contributed by atoms with E-state index in [9.17, 15) is 0 Å². The molecule has 1 aromatic rings. The van der Waals surface area contributed by atoms with Gasteiger partial charge in [-0.1, -0.05) is 0 Å². The first-order chi connectivity index (χ1) is 7.74. The molecule has 0 aliphatic heterocycles. The Balaban J connectivity index is 2.33. The molecule has 0 aliphatic rings. The van der Waals surface area contributed by atoms with Crippen LogP contribution in [0.5, 0.6) is 5.75 Å². The molecule has 0 aliphatic carbocycles. The first-order valence-electron chi connectivity index (χ1n) is 5.25. The average Bonchev–Trinajstić information content (AvgIpc) is 2.29. The van der Waals surface area contributed by atoms with Crippen molar-refractivity contribution in [1.82, 2.24) is 4.98 Å². The summed E-state index contributed by atoms with van der Waals surface area (Å²) in [5.74, 6) is 0.530. The summed E-state index contributed by atoms with van der Waals surface area (Å²) in [5.41, 5.74) is 0.322. The van der Waals surface area contributed by atoms with Gasteiger partial charge in [-0.05, 0) is 13.0 Å². The fourth-order valence-electron chi connectivity index (χ4n) is 1.15. The van der Waals surface area contributed by atoms with E-state index < -0.39 is 7.12 Å². The SMILES string of the molecule is CCOCCCOc1cncc(B(O)O)c1. The lowest BCUT2D eigenvalue weighted by Gasteiger charge is -2.07. The van der Waals surface area contributed by atoms with Crippen LogP contribution in [0, 0.1) is 0 Å². The van der Waals surface area contributed by atoms with E-state index in [1.54, 1.807) is 6.07 Å². The molecule has 0 amide bonds. The third-order valence-corrected chi connectivity index (χ3v) is 1.94. The number of rotatable bonds is 7. The van der Waals surface area contributed by atoms with Crippen molar-refractivity contribution in [1.29, 1.82) is 0 Å². The van der Waals surface area contributed by atoms with E-state index in [-0.39, 0.29) is 0 Å². The third kappa shape index (κ3) is 4.61. The van der Waals surface area contributed by atoms with E-state index in [0.717, 1.165) is 6.42 Å². The second-order valence-electron chi connectivity index (χ2n) is 3.23. The van der Waals surface area contributed by atoms with Crippen molar-refractivity contribution in [3.63, 3.8) is 0 Å². The van der Waals surface area contributed by atoms with Crippen molar-refractivity contribution in [3.05, 3.63) is 18.5 Å². The van der Waals surface area contributed by atoms with Gasteiger partial charge in [0.2, 0.25) is 0 Å². The molecular formula is C10H16BNO4. The van der Waals surface area contributed by atoms with Crippen LogP contribution in [-0.2, 0) is 4.74 Å². The summed E-state index contributed by atoms with van der Waals surface area (Å²) in [6.07, 6.45) is 3.71. The summed E-state index contributed by atoms with van der Waals surface area (Å²) in [7, 11) is -1.51. The van der Waals surface area contributed by atoms with Crippen molar-refractivity contribution in [2.45, 2.75) is 13.3 Å². The molecule has 1 rings (SSSR count). The summed E-state index contributed by atoms with van der Waals surface area (Å²) >= 11 is 0. The zero-order valence-electron chi connectivity index (χ0n) is 9.30. The van der Waals surface area contributed by atoms with Crippen LogP contribution in [0.3, 0.4) is 0 Å². The van der Waals surface area contributed by atoms with Gasteiger partial charge >= 0.3 is 7.12 Å². The van der Waals surface area contributed by atoms with E-state index >= 15 is 0 Å². The van der Waals surface area contributed by atoms with Crippen LogP contribution in [0.25, 0.3) is 0 Å². The average molecular weight is 225 g/mol. The molecule has 0 bridgehead atoms. The molecule has 0 radical (unpaired) electrons. The van der Waals surface area contributed by atoms with E-state index in [1.165, 1.54) is 12.4 Å². The second kappa shape index (κ2) is 7.21. The molecule has 0 fully saturated rings.